The first-order valence-electron chi connectivity index (χ1n) is 7.49. The van der Waals surface area contributed by atoms with Crippen LogP contribution in [0.5, 0.6) is 0 Å². The van der Waals surface area contributed by atoms with Crippen molar-refractivity contribution in [2.24, 2.45) is 0 Å². The minimum atomic E-state index is -0.783. The molecule has 0 aliphatic heterocycles. The maximum atomic E-state index is 10.9. The SMILES string of the molecule is CCN(CC)C(C)c1nc2ccccc2n1CCC(=O)O. The molecule has 0 aliphatic rings. The van der Waals surface area contributed by atoms with Crippen LogP contribution in [0.3, 0.4) is 0 Å². The van der Waals surface area contributed by atoms with Crippen molar-refractivity contribution in [3.8, 4) is 0 Å². The van der Waals surface area contributed by atoms with Gasteiger partial charge >= 0.3 is 5.97 Å². The summed E-state index contributed by atoms with van der Waals surface area (Å²) in [5.74, 6) is 0.162. The van der Waals surface area contributed by atoms with Gasteiger partial charge in [0.2, 0.25) is 0 Å². The average molecular weight is 289 g/mol. The number of aromatic nitrogens is 2. The Morgan fingerprint density at radius 3 is 2.62 bits per heavy atom. The number of carboxylic acid groups (broad SMARTS) is 1. The maximum Gasteiger partial charge on any atom is 0.305 e. The maximum absolute atomic E-state index is 10.9. The molecule has 2 rings (SSSR count). The van der Waals surface area contributed by atoms with Crippen LogP contribution in [-0.4, -0.2) is 38.6 Å². The van der Waals surface area contributed by atoms with Crippen molar-refractivity contribution in [2.75, 3.05) is 13.1 Å². The molecule has 0 saturated heterocycles. The smallest absolute Gasteiger partial charge is 0.305 e. The van der Waals surface area contributed by atoms with E-state index in [1.165, 1.54) is 0 Å². The third-order valence-corrected chi connectivity index (χ3v) is 3.97. The van der Waals surface area contributed by atoms with Crippen molar-refractivity contribution in [2.45, 2.75) is 39.8 Å². The zero-order valence-corrected chi connectivity index (χ0v) is 12.9. The second-order valence-electron chi connectivity index (χ2n) is 5.15. The van der Waals surface area contributed by atoms with Gasteiger partial charge in [0.05, 0.1) is 23.5 Å². The second-order valence-corrected chi connectivity index (χ2v) is 5.15. The predicted molar refractivity (Wildman–Crippen MR) is 83.3 cm³/mol. The van der Waals surface area contributed by atoms with Crippen LogP contribution in [0.25, 0.3) is 11.0 Å². The molecule has 1 N–H and O–H groups in total. The number of aliphatic carboxylic acids is 1. The molecule has 0 aliphatic carbocycles. The molecule has 0 radical (unpaired) electrons. The Bertz CT molecular complexity index is 617. The molecular formula is C16H23N3O2. The summed E-state index contributed by atoms with van der Waals surface area (Å²) in [5, 5.41) is 8.97. The number of hydrogen-bond donors (Lipinski definition) is 1. The lowest BCUT2D eigenvalue weighted by molar-refractivity contribution is -0.137. The highest BCUT2D eigenvalue weighted by Crippen LogP contribution is 2.24. The summed E-state index contributed by atoms with van der Waals surface area (Å²) < 4.78 is 2.05. The van der Waals surface area contributed by atoms with Crippen LogP contribution >= 0.6 is 0 Å². The molecule has 114 valence electrons. The van der Waals surface area contributed by atoms with Crippen LogP contribution < -0.4 is 0 Å². The highest BCUT2D eigenvalue weighted by Gasteiger charge is 2.20. The summed E-state index contributed by atoms with van der Waals surface area (Å²) in [7, 11) is 0. The van der Waals surface area contributed by atoms with E-state index in [1.807, 2.05) is 28.8 Å². The second kappa shape index (κ2) is 6.72. The van der Waals surface area contributed by atoms with E-state index in [0.29, 0.717) is 6.54 Å². The Labute approximate surface area is 125 Å². The van der Waals surface area contributed by atoms with Gasteiger partial charge in [-0.25, -0.2) is 4.98 Å². The number of hydrogen-bond acceptors (Lipinski definition) is 3. The third kappa shape index (κ3) is 3.24. The zero-order valence-electron chi connectivity index (χ0n) is 12.9. The quantitative estimate of drug-likeness (QED) is 0.851. The first-order chi connectivity index (χ1) is 10.1. The molecule has 0 fully saturated rings. The molecule has 1 heterocycles. The van der Waals surface area contributed by atoms with Crippen molar-refractivity contribution in [1.29, 1.82) is 0 Å². The summed E-state index contributed by atoms with van der Waals surface area (Å²) in [6, 6.07) is 8.07. The number of fused-ring (bicyclic) bond motifs is 1. The minimum Gasteiger partial charge on any atom is -0.481 e. The van der Waals surface area contributed by atoms with E-state index in [-0.39, 0.29) is 12.5 Å². The number of para-hydroxylation sites is 2. The van der Waals surface area contributed by atoms with Gasteiger partial charge in [-0.1, -0.05) is 26.0 Å². The molecule has 21 heavy (non-hydrogen) atoms. The molecule has 1 unspecified atom stereocenters. The topological polar surface area (TPSA) is 58.4 Å². The summed E-state index contributed by atoms with van der Waals surface area (Å²) >= 11 is 0. The number of rotatable bonds is 7. The lowest BCUT2D eigenvalue weighted by atomic mass is 10.2. The van der Waals surface area contributed by atoms with Crippen LogP contribution in [0.15, 0.2) is 24.3 Å². The summed E-state index contributed by atoms with van der Waals surface area (Å²) in [5.41, 5.74) is 1.93. The predicted octanol–water partition coefficient (Wildman–Crippen LogP) is 2.91. The zero-order chi connectivity index (χ0) is 15.4. The Morgan fingerprint density at radius 2 is 2.00 bits per heavy atom. The molecule has 0 spiro atoms. The molecule has 0 amide bonds. The Morgan fingerprint density at radius 1 is 1.33 bits per heavy atom. The third-order valence-electron chi connectivity index (χ3n) is 3.97. The van der Waals surface area contributed by atoms with Crippen LogP contribution in [-0.2, 0) is 11.3 Å². The van der Waals surface area contributed by atoms with Crippen LogP contribution in [0.1, 0.15) is 39.1 Å². The van der Waals surface area contributed by atoms with Gasteiger partial charge in [0.15, 0.2) is 0 Å². The standard InChI is InChI=1S/C16H23N3O2/c1-4-18(5-2)12(3)16-17-13-8-6-7-9-14(13)19(16)11-10-15(20)21/h6-9,12H,4-5,10-11H2,1-3H3,(H,20,21). The number of carbonyl (C=O) groups is 1. The number of benzene rings is 1. The van der Waals surface area contributed by atoms with Gasteiger partial charge in [0, 0.05) is 6.54 Å². The van der Waals surface area contributed by atoms with Gasteiger partial charge in [0.1, 0.15) is 5.82 Å². The van der Waals surface area contributed by atoms with Gasteiger partial charge in [0.25, 0.3) is 0 Å². The van der Waals surface area contributed by atoms with E-state index >= 15 is 0 Å². The summed E-state index contributed by atoms with van der Waals surface area (Å²) in [4.78, 5) is 18.0. The lowest BCUT2D eigenvalue weighted by Crippen LogP contribution is -2.28. The molecule has 2 aromatic rings. The molecule has 1 atom stereocenters. The van der Waals surface area contributed by atoms with Crippen LogP contribution in [0, 0.1) is 0 Å². The van der Waals surface area contributed by atoms with Crippen molar-refractivity contribution in [3.63, 3.8) is 0 Å². The van der Waals surface area contributed by atoms with Crippen molar-refractivity contribution in [3.05, 3.63) is 30.1 Å². The summed E-state index contributed by atoms with van der Waals surface area (Å²) in [6.45, 7) is 8.73. The minimum absolute atomic E-state index is 0.109. The van der Waals surface area contributed by atoms with E-state index < -0.39 is 5.97 Å². The number of imidazole rings is 1. The number of aryl methyl sites for hydroxylation is 1. The fourth-order valence-corrected chi connectivity index (χ4v) is 2.79. The van der Waals surface area contributed by atoms with Crippen LogP contribution in [0.4, 0.5) is 0 Å². The monoisotopic (exact) mass is 289 g/mol. The Hall–Kier alpha value is -1.88. The Kier molecular flexibility index (Phi) is 4.96. The molecule has 0 saturated carbocycles. The number of carboxylic acids is 1. The van der Waals surface area contributed by atoms with Crippen molar-refractivity contribution < 1.29 is 9.90 Å². The molecule has 5 nitrogen and oxygen atoms in total. The van der Waals surface area contributed by atoms with E-state index in [4.69, 9.17) is 10.1 Å². The van der Waals surface area contributed by atoms with Gasteiger partial charge in [-0.2, -0.15) is 0 Å². The van der Waals surface area contributed by atoms with E-state index in [2.05, 4.69) is 25.7 Å². The van der Waals surface area contributed by atoms with E-state index in [1.54, 1.807) is 0 Å². The summed E-state index contributed by atoms with van der Waals surface area (Å²) in [6.07, 6.45) is 0.109. The van der Waals surface area contributed by atoms with Gasteiger partial charge in [-0.15, -0.1) is 0 Å². The first kappa shape index (κ1) is 15.5. The van der Waals surface area contributed by atoms with Crippen molar-refractivity contribution >= 4 is 17.0 Å². The van der Waals surface area contributed by atoms with Gasteiger partial charge in [-0.05, 0) is 32.1 Å². The normalized spacial score (nSPS) is 13.0. The Balaban J connectivity index is 2.45. The lowest BCUT2D eigenvalue weighted by Gasteiger charge is -2.26. The highest BCUT2D eigenvalue weighted by atomic mass is 16.4. The fourth-order valence-electron chi connectivity index (χ4n) is 2.79. The number of nitrogens with zero attached hydrogens (tertiary/aromatic N) is 3. The van der Waals surface area contributed by atoms with E-state index in [9.17, 15) is 4.79 Å². The van der Waals surface area contributed by atoms with E-state index in [0.717, 1.165) is 29.9 Å². The molecule has 1 aromatic heterocycles. The van der Waals surface area contributed by atoms with Gasteiger partial charge < -0.3 is 9.67 Å². The molecular weight excluding hydrogens is 266 g/mol. The molecule has 0 bridgehead atoms. The highest BCUT2D eigenvalue weighted by molar-refractivity contribution is 5.76. The average Bonchev–Trinajstić information content (AvgIpc) is 2.84. The van der Waals surface area contributed by atoms with Crippen molar-refractivity contribution in [1.82, 2.24) is 14.5 Å². The fraction of sp³-hybridized carbons (Fsp3) is 0.500. The largest absolute Gasteiger partial charge is 0.481 e. The molecule has 1 aromatic carbocycles. The van der Waals surface area contributed by atoms with Crippen LogP contribution in [0.2, 0.25) is 0 Å². The molecule has 5 heteroatoms. The first-order valence-corrected chi connectivity index (χ1v) is 7.49. The van der Waals surface area contributed by atoms with Gasteiger partial charge in [-0.3, -0.25) is 9.69 Å².